The second-order valence-electron chi connectivity index (χ2n) is 10.8. The molecule has 1 amide bonds. The summed E-state index contributed by atoms with van der Waals surface area (Å²) in [4.78, 5) is 25.0. The van der Waals surface area contributed by atoms with Gasteiger partial charge in [-0.15, -0.1) is 0 Å². The molecule has 1 aliphatic rings. The van der Waals surface area contributed by atoms with Gasteiger partial charge in [0.1, 0.15) is 5.60 Å². The number of amides is 1. The molecule has 7 heteroatoms. The molecule has 2 aromatic rings. The fourth-order valence-corrected chi connectivity index (χ4v) is 4.27. The van der Waals surface area contributed by atoms with Crippen molar-refractivity contribution in [2.24, 2.45) is 5.41 Å². The van der Waals surface area contributed by atoms with Gasteiger partial charge in [-0.1, -0.05) is 54.6 Å². The molecule has 0 aliphatic carbocycles. The van der Waals surface area contributed by atoms with Gasteiger partial charge in [0.25, 0.3) is 0 Å². The molecule has 2 N–H and O–H groups in total. The van der Waals surface area contributed by atoms with E-state index >= 15 is 0 Å². The number of aliphatic carboxylic acids is 1. The standard InChI is InChI=1S/C29H39NO6/c1-28(2,3)36-27(33)30-24(18-21-13-15-23(16-14-21)22-10-6-5-7-11-22)19-29(4,26(31)32)20-35-25-12-8-9-17-34-25/h5-7,10-11,13-16,24-25H,8-9,12,17-20H2,1-4H3,(H,30,33)(H,31,32)/t24-,25?,29?/m1/s1. The van der Waals surface area contributed by atoms with Gasteiger partial charge in [0.2, 0.25) is 0 Å². The third-order valence-corrected chi connectivity index (χ3v) is 6.20. The largest absolute Gasteiger partial charge is 0.481 e. The summed E-state index contributed by atoms with van der Waals surface area (Å²) in [7, 11) is 0. The second-order valence-corrected chi connectivity index (χ2v) is 10.8. The number of carbonyl (C=O) groups is 2. The molecule has 0 spiro atoms. The summed E-state index contributed by atoms with van der Waals surface area (Å²) in [5.41, 5.74) is 1.31. The van der Waals surface area contributed by atoms with Crippen LogP contribution in [0.4, 0.5) is 4.79 Å². The molecule has 3 rings (SSSR count). The fourth-order valence-electron chi connectivity index (χ4n) is 4.27. The van der Waals surface area contributed by atoms with Crippen LogP contribution in [0.25, 0.3) is 11.1 Å². The van der Waals surface area contributed by atoms with Crippen molar-refractivity contribution >= 4 is 12.1 Å². The fraction of sp³-hybridized carbons (Fsp3) is 0.517. The van der Waals surface area contributed by atoms with Crippen LogP contribution in [-0.2, 0) is 25.4 Å². The molecule has 0 radical (unpaired) electrons. The van der Waals surface area contributed by atoms with Crippen molar-refractivity contribution in [2.75, 3.05) is 13.2 Å². The van der Waals surface area contributed by atoms with Crippen molar-refractivity contribution in [3.8, 4) is 11.1 Å². The first-order valence-electron chi connectivity index (χ1n) is 12.6. The van der Waals surface area contributed by atoms with Gasteiger partial charge in [0.15, 0.2) is 6.29 Å². The molecular formula is C29H39NO6. The predicted molar refractivity (Wildman–Crippen MR) is 139 cm³/mol. The molecule has 1 heterocycles. The Hall–Kier alpha value is -2.90. The lowest BCUT2D eigenvalue weighted by Crippen LogP contribution is -2.46. The lowest BCUT2D eigenvalue weighted by molar-refractivity contribution is -0.187. The number of rotatable bonds is 10. The third kappa shape index (κ3) is 8.64. The Morgan fingerprint density at radius 2 is 1.69 bits per heavy atom. The number of carboxylic acid groups (broad SMARTS) is 1. The summed E-state index contributed by atoms with van der Waals surface area (Å²) in [6, 6.07) is 17.7. The van der Waals surface area contributed by atoms with Gasteiger partial charge in [-0.3, -0.25) is 4.79 Å². The van der Waals surface area contributed by atoms with Crippen molar-refractivity contribution in [3.63, 3.8) is 0 Å². The number of benzene rings is 2. The first-order valence-corrected chi connectivity index (χ1v) is 12.6. The van der Waals surface area contributed by atoms with E-state index in [1.807, 2.05) is 42.5 Å². The molecule has 0 bridgehead atoms. The molecule has 2 unspecified atom stereocenters. The van der Waals surface area contributed by atoms with Gasteiger partial charge in [-0.2, -0.15) is 0 Å². The molecule has 1 fully saturated rings. The highest BCUT2D eigenvalue weighted by atomic mass is 16.7. The van der Waals surface area contributed by atoms with E-state index in [1.54, 1.807) is 27.7 Å². The van der Waals surface area contributed by atoms with E-state index in [0.717, 1.165) is 36.0 Å². The molecule has 0 aromatic heterocycles. The van der Waals surface area contributed by atoms with Crippen molar-refractivity contribution in [1.29, 1.82) is 0 Å². The van der Waals surface area contributed by atoms with Crippen LogP contribution in [0, 0.1) is 5.41 Å². The van der Waals surface area contributed by atoms with E-state index in [9.17, 15) is 14.7 Å². The van der Waals surface area contributed by atoms with Crippen LogP contribution in [-0.4, -0.2) is 48.3 Å². The maximum atomic E-state index is 12.6. The minimum Gasteiger partial charge on any atom is -0.481 e. The number of hydrogen-bond acceptors (Lipinski definition) is 5. The zero-order valence-corrected chi connectivity index (χ0v) is 21.8. The molecule has 3 atom stereocenters. The van der Waals surface area contributed by atoms with E-state index in [2.05, 4.69) is 17.4 Å². The van der Waals surface area contributed by atoms with Crippen molar-refractivity contribution in [1.82, 2.24) is 5.32 Å². The maximum Gasteiger partial charge on any atom is 0.407 e. The van der Waals surface area contributed by atoms with Crippen LogP contribution in [0.1, 0.15) is 58.9 Å². The number of carbonyl (C=O) groups excluding carboxylic acids is 1. The van der Waals surface area contributed by atoms with Crippen LogP contribution in [0.15, 0.2) is 54.6 Å². The zero-order valence-electron chi connectivity index (χ0n) is 21.8. The Bertz CT molecular complexity index is 979. The number of hydrogen-bond donors (Lipinski definition) is 2. The Morgan fingerprint density at radius 3 is 2.28 bits per heavy atom. The van der Waals surface area contributed by atoms with E-state index in [-0.39, 0.29) is 19.3 Å². The Labute approximate surface area is 214 Å². The van der Waals surface area contributed by atoms with Gasteiger partial charge in [0, 0.05) is 12.6 Å². The molecule has 36 heavy (non-hydrogen) atoms. The first-order chi connectivity index (χ1) is 17.0. The quantitative estimate of drug-likeness (QED) is 0.430. The van der Waals surface area contributed by atoms with Crippen molar-refractivity contribution in [3.05, 3.63) is 60.2 Å². The average molecular weight is 498 g/mol. The predicted octanol–water partition coefficient (Wildman–Crippen LogP) is 5.81. The van der Waals surface area contributed by atoms with E-state index in [4.69, 9.17) is 14.2 Å². The smallest absolute Gasteiger partial charge is 0.407 e. The molecule has 196 valence electrons. The number of ether oxygens (including phenoxy) is 3. The maximum absolute atomic E-state index is 12.6. The first kappa shape index (κ1) is 27.7. The van der Waals surface area contributed by atoms with Gasteiger partial charge >= 0.3 is 12.1 Å². The van der Waals surface area contributed by atoms with E-state index in [1.165, 1.54) is 0 Å². The van der Waals surface area contributed by atoms with Crippen LogP contribution < -0.4 is 5.32 Å². The second kappa shape index (κ2) is 12.4. The van der Waals surface area contributed by atoms with E-state index < -0.39 is 29.1 Å². The number of carboxylic acids is 1. The molecule has 1 saturated heterocycles. The highest BCUT2D eigenvalue weighted by molar-refractivity contribution is 5.75. The van der Waals surface area contributed by atoms with E-state index in [0.29, 0.717) is 13.0 Å². The Kier molecular flexibility index (Phi) is 9.51. The molecule has 2 aromatic carbocycles. The minimum absolute atomic E-state index is 0.00750. The SMILES string of the molecule is CC(C)(C)OC(=O)N[C@H](Cc1ccc(-c2ccccc2)cc1)CC(C)(COC1CCCCO1)C(=O)O. The third-order valence-electron chi connectivity index (χ3n) is 6.20. The topological polar surface area (TPSA) is 94.1 Å². The average Bonchev–Trinajstić information content (AvgIpc) is 2.83. The zero-order chi connectivity index (χ0) is 26.2. The highest BCUT2D eigenvalue weighted by Gasteiger charge is 2.38. The molecule has 0 saturated carbocycles. The van der Waals surface area contributed by atoms with Crippen LogP contribution >= 0.6 is 0 Å². The van der Waals surface area contributed by atoms with Crippen LogP contribution in [0.5, 0.6) is 0 Å². The molecular weight excluding hydrogens is 458 g/mol. The van der Waals surface area contributed by atoms with Gasteiger partial charge in [-0.25, -0.2) is 4.79 Å². The summed E-state index contributed by atoms with van der Waals surface area (Å²) >= 11 is 0. The summed E-state index contributed by atoms with van der Waals surface area (Å²) in [5, 5.41) is 13.0. The lowest BCUT2D eigenvalue weighted by atomic mass is 9.82. The van der Waals surface area contributed by atoms with Gasteiger partial charge in [-0.05, 0) is 76.5 Å². The summed E-state index contributed by atoms with van der Waals surface area (Å²) < 4.78 is 16.9. The van der Waals surface area contributed by atoms with Gasteiger partial charge in [0.05, 0.1) is 12.0 Å². The van der Waals surface area contributed by atoms with Crippen molar-refractivity contribution < 1.29 is 28.9 Å². The Balaban J connectivity index is 1.74. The van der Waals surface area contributed by atoms with Gasteiger partial charge < -0.3 is 24.6 Å². The minimum atomic E-state index is -1.22. The Morgan fingerprint density at radius 1 is 1.03 bits per heavy atom. The number of alkyl carbamates (subject to hydrolysis) is 1. The van der Waals surface area contributed by atoms with Crippen molar-refractivity contribution in [2.45, 2.75) is 77.7 Å². The lowest BCUT2D eigenvalue weighted by Gasteiger charge is -2.32. The molecule has 7 nitrogen and oxygen atoms in total. The summed E-state index contributed by atoms with van der Waals surface area (Å²) in [5.74, 6) is -0.978. The number of nitrogens with one attached hydrogen (secondary N) is 1. The normalized spacial score (nSPS) is 18.6. The van der Waals surface area contributed by atoms with Crippen LogP contribution in [0.3, 0.4) is 0 Å². The summed E-state index contributed by atoms with van der Waals surface area (Å²) in [6.45, 7) is 7.65. The monoisotopic (exact) mass is 497 g/mol. The van der Waals surface area contributed by atoms with Crippen LogP contribution in [0.2, 0.25) is 0 Å². The molecule has 1 aliphatic heterocycles. The highest BCUT2D eigenvalue weighted by Crippen LogP contribution is 2.29. The summed E-state index contributed by atoms with van der Waals surface area (Å²) in [6.07, 6.45) is 2.41.